The summed E-state index contributed by atoms with van der Waals surface area (Å²) in [5, 5.41) is 9.85. The van der Waals surface area contributed by atoms with Crippen molar-refractivity contribution in [1.82, 2.24) is 0 Å². The van der Waals surface area contributed by atoms with Gasteiger partial charge in [0.1, 0.15) is 5.75 Å². The molecule has 0 amide bonds. The third-order valence-corrected chi connectivity index (χ3v) is 5.36. The molecule has 3 rings (SSSR count). The summed E-state index contributed by atoms with van der Waals surface area (Å²) in [6.07, 6.45) is 1.75. The number of hydrogen-bond donors (Lipinski definition) is 1. The summed E-state index contributed by atoms with van der Waals surface area (Å²) in [6, 6.07) is 22.3. The Hall–Kier alpha value is -2.25. The van der Waals surface area contributed by atoms with E-state index >= 15 is 0 Å². The minimum Gasteiger partial charge on any atom is -0.507 e. The van der Waals surface area contributed by atoms with Gasteiger partial charge in [-0.3, -0.25) is 4.99 Å². The molecule has 0 bridgehead atoms. The molecule has 0 spiro atoms. The van der Waals surface area contributed by atoms with Crippen molar-refractivity contribution in [3.05, 3.63) is 109 Å². The summed E-state index contributed by atoms with van der Waals surface area (Å²) in [5.41, 5.74) is 7.02. The van der Waals surface area contributed by atoms with Crippen molar-refractivity contribution >= 4 is 11.9 Å². The van der Waals surface area contributed by atoms with Crippen molar-refractivity contribution in [1.29, 1.82) is 0 Å². The molecule has 3 aromatic carbocycles. The third kappa shape index (κ3) is 9.94. The van der Waals surface area contributed by atoms with E-state index in [2.05, 4.69) is 90.9 Å². The number of aromatic hydroxyl groups is 1. The van der Waals surface area contributed by atoms with Gasteiger partial charge in [0.15, 0.2) is 0 Å². The molecule has 0 aromatic heterocycles. The Kier molecular flexibility index (Phi) is 16.4. The van der Waals surface area contributed by atoms with Crippen LogP contribution in [-0.4, -0.2) is 11.3 Å². The van der Waals surface area contributed by atoms with Gasteiger partial charge in [0.05, 0.1) is 5.69 Å². The maximum absolute atomic E-state index is 9.85. The molecule has 0 radical (unpaired) electrons. The van der Waals surface area contributed by atoms with Crippen LogP contribution >= 0.6 is 0 Å². The van der Waals surface area contributed by atoms with Crippen LogP contribution in [0.5, 0.6) is 5.75 Å². The van der Waals surface area contributed by atoms with Crippen molar-refractivity contribution in [2.45, 2.75) is 66.2 Å². The SMILES string of the molecule is CC(C)c1cccc(C(C)C)c1N=Cc1ccccc1O.Cc1ccc(C(C)C)cc1.[CH3-].[CH3-].[Ru+2]. The molecule has 0 atom stereocenters. The second-order valence-electron chi connectivity index (χ2n) is 8.98. The number of nitrogens with zero attached hydrogens (tertiary/aromatic N) is 1. The van der Waals surface area contributed by atoms with Crippen molar-refractivity contribution in [2.24, 2.45) is 4.99 Å². The van der Waals surface area contributed by atoms with Gasteiger partial charge in [0, 0.05) is 11.8 Å². The van der Waals surface area contributed by atoms with Crippen molar-refractivity contribution < 1.29 is 24.6 Å². The molecule has 0 aliphatic heterocycles. The molecule has 3 heteroatoms. The van der Waals surface area contributed by atoms with Crippen LogP contribution in [-0.2, 0) is 19.5 Å². The number of phenols is 1. The second-order valence-corrected chi connectivity index (χ2v) is 8.98. The van der Waals surface area contributed by atoms with Crippen LogP contribution in [0.15, 0.2) is 71.7 Å². The molecule has 0 unspecified atom stereocenters. The standard InChI is InChI=1S/C19H23NO.C10H14.2CH3.Ru/c1-13(2)16-9-7-10-17(14(3)4)19(16)20-12-15-8-5-6-11-18(15)21;1-8(2)10-6-4-9(3)5-7-10;;;/h5-14,21H,1-4H3;4-8H,1-3H3;2*1H3;/q;;2*-1;+2. The van der Waals surface area contributed by atoms with Gasteiger partial charge in [-0.05, 0) is 53.5 Å². The fourth-order valence-corrected chi connectivity index (χ4v) is 3.34. The van der Waals surface area contributed by atoms with Crippen molar-refractivity contribution in [3.8, 4) is 5.75 Å². The maximum Gasteiger partial charge on any atom is 2.00 e. The van der Waals surface area contributed by atoms with E-state index in [4.69, 9.17) is 4.99 Å². The summed E-state index contributed by atoms with van der Waals surface area (Å²) in [7, 11) is 0. The molecule has 3 aromatic rings. The van der Waals surface area contributed by atoms with E-state index in [9.17, 15) is 5.11 Å². The van der Waals surface area contributed by atoms with E-state index in [-0.39, 0.29) is 40.1 Å². The molecule has 186 valence electrons. The Bertz CT molecular complexity index is 962. The molecule has 0 fully saturated rings. The zero-order valence-corrected chi connectivity index (χ0v) is 24.1. The van der Waals surface area contributed by atoms with Gasteiger partial charge in [-0.2, -0.15) is 0 Å². The maximum atomic E-state index is 9.85. The predicted octanol–water partition coefficient (Wildman–Crippen LogP) is 9.41. The summed E-state index contributed by atoms with van der Waals surface area (Å²) >= 11 is 0. The van der Waals surface area contributed by atoms with Gasteiger partial charge in [-0.1, -0.05) is 102 Å². The minimum absolute atomic E-state index is 0. The second kappa shape index (κ2) is 16.4. The number of hydrogen-bond acceptors (Lipinski definition) is 2. The third-order valence-electron chi connectivity index (χ3n) is 5.36. The molecule has 1 N–H and O–H groups in total. The van der Waals surface area contributed by atoms with E-state index in [1.165, 1.54) is 22.3 Å². The Morgan fingerprint density at radius 1 is 0.676 bits per heavy atom. The van der Waals surface area contributed by atoms with Crippen LogP contribution in [0.2, 0.25) is 0 Å². The van der Waals surface area contributed by atoms with Crippen molar-refractivity contribution in [2.75, 3.05) is 0 Å². The first kappa shape index (κ1) is 33.9. The minimum atomic E-state index is 0. The summed E-state index contributed by atoms with van der Waals surface area (Å²) < 4.78 is 0. The molecule has 2 nitrogen and oxygen atoms in total. The predicted molar refractivity (Wildman–Crippen MR) is 148 cm³/mol. The monoisotopic (exact) mass is 547 g/mol. The number of aryl methyl sites for hydroxylation is 1. The molecule has 34 heavy (non-hydrogen) atoms. The summed E-state index contributed by atoms with van der Waals surface area (Å²) in [5.74, 6) is 1.75. The van der Waals surface area contributed by atoms with Crippen LogP contribution in [0.1, 0.15) is 87.1 Å². The van der Waals surface area contributed by atoms with Crippen LogP contribution < -0.4 is 0 Å². The zero-order valence-electron chi connectivity index (χ0n) is 22.4. The van der Waals surface area contributed by atoms with Crippen LogP contribution in [0.3, 0.4) is 0 Å². The van der Waals surface area contributed by atoms with Crippen LogP contribution in [0, 0.1) is 21.8 Å². The molecular formula is C31H43NORu. The smallest absolute Gasteiger partial charge is 0.507 e. The summed E-state index contributed by atoms with van der Waals surface area (Å²) in [4.78, 5) is 4.69. The Balaban J connectivity index is 0. The van der Waals surface area contributed by atoms with Crippen LogP contribution in [0.25, 0.3) is 0 Å². The Morgan fingerprint density at radius 2 is 1.18 bits per heavy atom. The van der Waals surface area contributed by atoms with Crippen molar-refractivity contribution in [3.63, 3.8) is 0 Å². The van der Waals surface area contributed by atoms with Gasteiger partial charge in [-0.25, -0.2) is 0 Å². The average molecular weight is 547 g/mol. The first-order chi connectivity index (χ1) is 14.7. The fraction of sp³-hybridized carbons (Fsp3) is 0.323. The molecule has 0 saturated carbocycles. The van der Waals surface area contributed by atoms with E-state index in [0.29, 0.717) is 17.8 Å². The number of rotatable bonds is 5. The average Bonchev–Trinajstić information content (AvgIpc) is 2.73. The first-order valence-corrected chi connectivity index (χ1v) is 11.2. The van der Waals surface area contributed by atoms with Crippen LogP contribution in [0.4, 0.5) is 5.69 Å². The number of para-hydroxylation sites is 2. The fourth-order valence-electron chi connectivity index (χ4n) is 3.34. The normalized spacial score (nSPS) is 10.3. The van der Waals surface area contributed by atoms with E-state index in [1.807, 2.05) is 18.2 Å². The van der Waals surface area contributed by atoms with Gasteiger partial charge in [0.2, 0.25) is 0 Å². The van der Waals surface area contributed by atoms with Gasteiger partial charge in [-0.15, -0.1) is 0 Å². The van der Waals surface area contributed by atoms with Gasteiger partial charge < -0.3 is 20.0 Å². The summed E-state index contributed by atoms with van der Waals surface area (Å²) in [6.45, 7) is 15.3. The van der Waals surface area contributed by atoms with Gasteiger partial charge in [0.25, 0.3) is 0 Å². The quantitative estimate of drug-likeness (QED) is 0.193. The van der Waals surface area contributed by atoms with E-state index in [1.54, 1.807) is 12.3 Å². The largest absolute Gasteiger partial charge is 2.00 e. The molecular weight excluding hydrogens is 503 g/mol. The molecule has 0 aliphatic carbocycles. The molecule has 0 heterocycles. The molecule has 0 saturated heterocycles. The Morgan fingerprint density at radius 3 is 1.62 bits per heavy atom. The number of aliphatic imine (C=N–C) groups is 1. The first-order valence-electron chi connectivity index (χ1n) is 11.2. The number of benzene rings is 3. The van der Waals surface area contributed by atoms with E-state index < -0.39 is 0 Å². The Labute approximate surface area is 222 Å². The number of phenolic OH excluding ortho intramolecular Hbond substituents is 1. The van der Waals surface area contributed by atoms with Gasteiger partial charge >= 0.3 is 19.5 Å². The zero-order chi connectivity index (χ0) is 23.0. The molecule has 0 aliphatic rings. The van der Waals surface area contributed by atoms with E-state index in [0.717, 1.165) is 11.3 Å². The topological polar surface area (TPSA) is 32.6 Å².